The number of aliphatic hydroxyl groups excluding tert-OH is 1. The third-order valence-corrected chi connectivity index (χ3v) is 4.31. The summed E-state index contributed by atoms with van der Waals surface area (Å²) in [5.74, 6) is 0.0562. The van der Waals surface area contributed by atoms with Crippen LogP contribution in [-0.4, -0.2) is 47.7 Å². The second-order valence-corrected chi connectivity index (χ2v) is 5.77. The molecule has 1 fully saturated rings. The Morgan fingerprint density at radius 2 is 2.56 bits per heavy atom. The first-order valence-electron chi connectivity index (χ1n) is 6.39. The molecule has 1 amide bonds. The number of β-amino-alcohol motifs (C(OH)–C–C–N with tert-alkyl or cyclic N) is 1. The third kappa shape index (κ3) is 3.54. The van der Waals surface area contributed by atoms with Crippen LogP contribution in [0.2, 0.25) is 0 Å². The van der Waals surface area contributed by atoms with E-state index >= 15 is 0 Å². The van der Waals surface area contributed by atoms with Gasteiger partial charge in [-0.1, -0.05) is 6.07 Å². The Hall–Kier alpha value is -0.910. The van der Waals surface area contributed by atoms with E-state index in [0.717, 1.165) is 19.4 Å². The summed E-state index contributed by atoms with van der Waals surface area (Å²) in [7, 11) is 0. The summed E-state index contributed by atoms with van der Waals surface area (Å²) in [6, 6.07) is 3.96. The average molecular weight is 268 g/mol. The summed E-state index contributed by atoms with van der Waals surface area (Å²) in [6.07, 6.45) is 1.39. The SMILES string of the molecule is C[C@H](C(=O)NCCc1cccs1)N1CC[C@@H](O)C1. The molecule has 2 atom stereocenters. The fourth-order valence-corrected chi connectivity index (χ4v) is 2.91. The highest BCUT2D eigenvalue weighted by Gasteiger charge is 2.28. The van der Waals surface area contributed by atoms with E-state index in [1.807, 2.05) is 23.3 Å². The summed E-state index contributed by atoms with van der Waals surface area (Å²) in [6.45, 7) is 4.00. The van der Waals surface area contributed by atoms with Crippen LogP contribution in [0.4, 0.5) is 0 Å². The summed E-state index contributed by atoms with van der Waals surface area (Å²) in [5.41, 5.74) is 0. The molecule has 0 unspecified atom stereocenters. The molecule has 2 heterocycles. The fourth-order valence-electron chi connectivity index (χ4n) is 2.20. The van der Waals surface area contributed by atoms with Gasteiger partial charge in [0.1, 0.15) is 0 Å². The number of thiophene rings is 1. The maximum atomic E-state index is 11.9. The van der Waals surface area contributed by atoms with Crippen molar-refractivity contribution in [2.75, 3.05) is 19.6 Å². The zero-order chi connectivity index (χ0) is 13.0. The minimum atomic E-state index is -0.272. The second-order valence-electron chi connectivity index (χ2n) is 4.73. The van der Waals surface area contributed by atoms with Crippen LogP contribution in [-0.2, 0) is 11.2 Å². The molecule has 2 rings (SSSR count). The highest BCUT2D eigenvalue weighted by molar-refractivity contribution is 7.09. The minimum Gasteiger partial charge on any atom is -0.392 e. The molecule has 1 saturated heterocycles. The number of nitrogens with zero attached hydrogens (tertiary/aromatic N) is 1. The number of aliphatic hydroxyl groups is 1. The fraction of sp³-hybridized carbons (Fsp3) is 0.615. The van der Waals surface area contributed by atoms with Gasteiger partial charge in [0.05, 0.1) is 12.1 Å². The quantitative estimate of drug-likeness (QED) is 0.833. The number of carbonyl (C=O) groups excluding carboxylic acids is 1. The first-order valence-corrected chi connectivity index (χ1v) is 7.27. The van der Waals surface area contributed by atoms with Crippen molar-refractivity contribution in [3.63, 3.8) is 0 Å². The van der Waals surface area contributed by atoms with Crippen molar-refractivity contribution in [2.45, 2.75) is 31.9 Å². The van der Waals surface area contributed by atoms with Gasteiger partial charge in [-0.15, -0.1) is 11.3 Å². The van der Waals surface area contributed by atoms with E-state index in [4.69, 9.17) is 0 Å². The largest absolute Gasteiger partial charge is 0.392 e. The Balaban J connectivity index is 1.70. The van der Waals surface area contributed by atoms with Gasteiger partial charge in [0, 0.05) is 24.5 Å². The van der Waals surface area contributed by atoms with Gasteiger partial charge in [0.15, 0.2) is 0 Å². The maximum absolute atomic E-state index is 11.9. The van der Waals surface area contributed by atoms with Gasteiger partial charge >= 0.3 is 0 Å². The normalized spacial score (nSPS) is 22.0. The smallest absolute Gasteiger partial charge is 0.237 e. The molecule has 1 aromatic rings. The highest BCUT2D eigenvalue weighted by Crippen LogP contribution is 2.12. The van der Waals surface area contributed by atoms with Crippen LogP contribution >= 0.6 is 11.3 Å². The lowest BCUT2D eigenvalue weighted by atomic mass is 10.2. The molecule has 5 heteroatoms. The molecule has 1 aromatic heterocycles. The molecule has 100 valence electrons. The first-order chi connectivity index (χ1) is 8.66. The van der Waals surface area contributed by atoms with Crippen LogP contribution in [0, 0.1) is 0 Å². The van der Waals surface area contributed by atoms with E-state index < -0.39 is 0 Å². The van der Waals surface area contributed by atoms with Crippen LogP contribution in [0.15, 0.2) is 17.5 Å². The molecule has 1 aliphatic rings. The lowest BCUT2D eigenvalue weighted by Gasteiger charge is -2.22. The topological polar surface area (TPSA) is 52.6 Å². The number of rotatable bonds is 5. The maximum Gasteiger partial charge on any atom is 0.237 e. The third-order valence-electron chi connectivity index (χ3n) is 3.37. The van der Waals surface area contributed by atoms with Gasteiger partial charge in [-0.3, -0.25) is 9.69 Å². The zero-order valence-electron chi connectivity index (χ0n) is 10.6. The first kappa shape index (κ1) is 13.5. The molecule has 1 aliphatic heterocycles. The number of carbonyl (C=O) groups is 1. The molecule has 0 bridgehead atoms. The predicted molar refractivity (Wildman–Crippen MR) is 72.7 cm³/mol. The number of likely N-dealkylation sites (tertiary alicyclic amines) is 1. The summed E-state index contributed by atoms with van der Waals surface area (Å²) in [4.78, 5) is 15.3. The van der Waals surface area contributed by atoms with Gasteiger partial charge < -0.3 is 10.4 Å². The van der Waals surface area contributed by atoms with Gasteiger partial charge in [-0.25, -0.2) is 0 Å². The standard InChI is InChI=1S/C13H20N2O2S/c1-10(15-7-5-11(16)9-15)13(17)14-6-4-12-3-2-8-18-12/h2-3,8,10-11,16H,4-7,9H2,1H3,(H,14,17)/t10-,11-/m1/s1. The van der Waals surface area contributed by atoms with Crippen molar-refractivity contribution >= 4 is 17.2 Å². The van der Waals surface area contributed by atoms with E-state index in [2.05, 4.69) is 11.4 Å². The van der Waals surface area contributed by atoms with Crippen LogP contribution in [0.3, 0.4) is 0 Å². The lowest BCUT2D eigenvalue weighted by molar-refractivity contribution is -0.125. The number of hydrogen-bond donors (Lipinski definition) is 2. The van der Waals surface area contributed by atoms with Crippen LogP contribution in [0.5, 0.6) is 0 Å². The van der Waals surface area contributed by atoms with Gasteiger partial charge in [-0.05, 0) is 31.2 Å². The van der Waals surface area contributed by atoms with E-state index in [9.17, 15) is 9.90 Å². The number of hydrogen-bond acceptors (Lipinski definition) is 4. The minimum absolute atomic E-state index is 0.0562. The Bertz CT molecular complexity index is 380. The molecule has 0 saturated carbocycles. The van der Waals surface area contributed by atoms with Crippen molar-refractivity contribution < 1.29 is 9.90 Å². The number of amides is 1. The van der Waals surface area contributed by atoms with Gasteiger partial charge in [0.25, 0.3) is 0 Å². The zero-order valence-corrected chi connectivity index (χ0v) is 11.4. The second kappa shape index (κ2) is 6.31. The van der Waals surface area contributed by atoms with Crippen LogP contribution < -0.4 is 5.32 Å². The van der Waals surface area contributed by atoms with E-state index in [-0.39, 0.29) is 18.1 Å². The Morgan fingerprint density at radius 1 is 1.72 bits per heavy atom. The molecular formula is C13H20N2O2S. The van der Waals surface area contributed by atoms with Crippen LogP contribution in [0.1, 0.15) is 18.2 Å². The van der Waals surface area contributed by atoms with E-state index in [1.54, 1.807) is 11.3 Å². The van der Waals surface area contributed by atoms with Crippen molar-refractivity contribution in [1.29, 1.82) is 0 Å². The molecule has 0 aliphatic carbocycles. The molecule has 4 nitrogen and oxygen atoms in total. The Kier molecular flexibility index (Phi) is 4.74. The van der Waals surface area contributed by atoms with Crippen molar-refractivity contribution in [3.05, 3.63) is 22.4 Å². The Labute approximate surface area is 112 Å². The Morgan fingerprint density at radius 3 is 3.17 bits per heavy atom. The number of nitrogens with one attached hydrogen (secondary N) is 1. The molecule has 2 N–H and O–H groups in total. The average Bonchev–Trinajstić information content (AvgIpc) is 2.99. The molecule has 0 spiro atoms. The van der Waals surface area contributed by atoms with Crippen LogP contribution in [0.25, 0.3) is 0 Å². The summed E-state index contributed by atoms with van der Waals surface area (Å²) in [5, 5.41) is 14.5. The molecule has 0 aromatic carbocycles. The summed E-state index contributed by atoms with van der Waals surface area (Å²) < 4.78 is 0. The van der Waals surface area contributed by atoms with Crippen molar-refractivity contribution in [2.24, 2.45) is 0 Å². The molecular weight excluding hydrogens is 248 g/mol. The monoisotopic (exact) mass is 268 g/mol. The van der Waals surface area contributed by atoms with E-state index in [1.165, 1.54) is 4.88 Å². The predicted octanol–water partition coefficient (Wildman–Crippen LogP) is 0.862. The molecule has 18 heavy (non-hydrogen) atoms. The summed E-state index contributed by atoms with van der Waals surface area (Å²) >= 11 is 1.71. The lowest BCUT2D eigenvalue weighted by Crippen LogP contribution is -2.44. The highest BCUT2D eigenvalue weighted by atomic mass is 32.1. The van der Waals surface area contributed by atoms with Gasteiger partial charge in [0.2, 0.25) is 5.91 Å². The van der Waals surface area contributed by atoms with E-state index in [0.29, 0.717) is 13.1 Å². The molecule has 0 radical (unpaired) electrons. The van der Waals surface area contributed by atoms with Crippen molar-refractivity contribution in [3.8, 4) is 0 Å². The van der Waals surface area contributed by atoms with Gasteiger partial charge in [-0.2, -0.15) is 0 Å². The van der Waals surface area contributed by atoms with Crippen molar-refractivity contribution in [1.82, 2.24) is 10.2 Å².